The van der Waals surface area contributed by atoms with Gasteiger partial charge in [-0.2, -0.15) is 26.3 Å². The molecule has 2 aromatic rings. The van der Waals surface area contributed by atoms with Gasteiger partial charge in [-0.3, -0.25) is 0 Å². The second kappa shape index (κ2) is 5.24. The molecular formula is C12H7ClF6O3. The normalized spacial score (nSPS) is 14.4. The molecule has 1 aromatic carbocycles. The number of halogens is 7. The molecular weight excluding hydrogens is 342 g/mol. The van der Waals surface area contributed by atoms with E-state index in [0.717, 1.165) is 19.2 Å². The van der Waals surface area contributed by atoms with Crippen LogP contribution in [0.4, 0.5) is 26.3 Å². The van der Waals surface area contributed by atoms with E-state index in [1.165, 1.54) is 0 Å². The van der Waals surface area contributed by atoms with Gasteiger partial charge in [0.2, 0.25) is 5.76 Å². The molecule has 0 bridgehead atoms. The Hall–Kier alpha value is -1.61. The third kappa shape index (κ3) is 2.82. The van der Waals surface area contributed by atoms with Gasteiger partial charge in [0.1, 0.15) is 5.75 Å². The first-order valence-corrected chi connectivity index (χ1v) is 5.96. The maximum atomic E-state index is 12.9. The lowest BCUT2D eigenvalue weighted by Gasteiger charge is -2.16. The van der Waals surface area contributed by atoms with Crippen molar-refractivity contribution < 1.29 is 40.6 Å². The van der Waals surface area contributed by atoms with E-state index in [1.54, 1.807) is 0 Å². The number of aliphatic hydroxyl groups is 1. The van der Waals surface area contributed by atoms with Crippen molar-refractivity contribution in [1.29, 1.82) is 0 Å². The third-order valence-electron chi connectivity index (χ3n) is 2.83. The fourth-order valence-electron chi connectivity index (χ4n) is 1.92. The molecule has 0 saturated carbocycles. The molecule has 0 aliphatic carbocycles. The molecule has 0 spiro atoms. The third-order valence-corrected chi connectivity index (χ3v) is 3.11. The van der Waals surface area contributed by atoms with E-state index in [0.29, 0.717) is 0 Å². The first-order chi connectivity index (χ1) is 9.96. The zero-order chi connectivity index (χ0) is 16.9. The van der Waals surface area contributed by atoms with Gasteiger partial charge >= 0.3 is 12.4 Å². The van der Waals surface area contributed by atoms with Crippen LogP contribution >= 0.6 is 11.6 Å². The zero-order valence-electron chi connectivity index (χ0n) is 10.6. The number of ether oxygens (including phenoxy) is 1. The van der Waals surface area contributed by atoms with Crippen molar-refractivity contribution in [1.82, 2.24) is 0 Å². The highest BCUT2D eigenvalue weighted by Gasteiger charge is 2.49. The Labute approximate surface area is 124 Å². The summed E-state index contributed by atoms with van der Waals surface area (Å²) in [6.07, 6.45) is -13.9. The summed E-state index contributed by atoms with van der Waals surface area (Å²) in [6.45, 7) is 0. The van der Waals surface area contributed by atoms with Crippen molar-refractivity contribution in [3.05, 3.63) is 28.5 Å². The van der Waals surface area contributed by atoms with Crippen molar-refractivity contribution in [2.75, 3.05) is 7.11 Å². The zero-order valence-corrected chi connectivity index (χ0v) is 11.4. The molecule has 1 aromatic heterocycles. The number of aliphatic hydroxyl groups excluding tert-OH is 1. The van der Waals surface area contributed by atoms with Crippen LogP contribution in [0.2, 0.25) is 5.02 Å². The van der Waals surface area contributed by atoms with Crippen LogP contribution in [-0.2, 0) is 6.18 Å². The van der Waals surface area contributed by atoms with Gasteiger partial charge in [-0.25, -0.2) is 0 Å². The molecule has 0 aliphatic rings. The van der Waals surface area contributed by atoms with Crippen LogP contribution in [0, 0.1) is 0 Å². The highest BCUT2D eigenvalue weighted by atomic mass is 35.5. The lowest BCUT2D eigenvalue weighted by molar-refractivity contribution is -0.210. The number of fused-ring (bicyclic) bond motifs is 1. The van der Waals surface area contributed by atoms with E-state index >= 15 is 0 Å². The van der Waals surface area contributed by atoms with Gasteiger partial charge in [-0.1, -0.05) is 11.6 Å². The Kier molecular flexibility index (Phi) is 3.99. The van der Waals surface area contributed by atoms with Crippen LogP contribution in [0.5, 0.6) is 5.75 Å². The minimum atomic E-state index is -5.31. The smallest absolute Gasteiger partial charge is 0.449 e. The van der Waals surface area contributed by atoms with Gasteiger partial charge in [-0.15, -0.1) is 0 Å². The van der Waals surface area contributed by atoms with Crippen LogP contribution < -0.4 is 4.74 Å². The van der Waals surface area contributed by atoms with Gasteiger partial charge in [0.15, 0.2) is 11.7 Å². The van der Waals surface area contributed by atoms with Crippen LogP contribution in [0.1, 0.15) is 17.4 Å². The summed E-state index contributed by atoms with van der Waals surface area (Å²) in [4.78, 5) is 0. The van der Waals surface area contributed by atoms with E-state index in [-0.39, 0.29) is 10.8 Å². The number of furan rings is 1. The van der Waals surface area contributed by atoms with Crippen molar-refractivity contribution in [2.24, 2.45) is 0 Å². The van der Waals surface area contributed by atoms with Gasteiger partial charge in [-0.05, 0) is 6.07 Å². The van der Waals surface area contributed by atoms with Gasteiger partial charge in [0, 0.05) is 17.0 Å². The predicted molar refractivity (Wildman–Crippen MR) is 63.8 cm³/mol. The lowest BCUT2D eigenvalue weighted by Crippen LogP contribution is -2.22. The molecule has 0 fully saturated rings. The molecule has 122 valence electrons. The van der Waals surface area contributed by atoms with Crippen molar-refractivity contribution in [3.63, 3.8) is 0 Å². The maximum absolute atomic E-state index is 12.9. The monoisotopic (exact) mass is 348 g/mol. The number of methoxy groups -OCH3 is 1. The largest absolute Gasteiger partial charge is 0.497 e. The van der Waals surface area contributed by atoms with E-state index in [4.69, 9.17) is 16.3 Å². The fourth-order valence-corrected chi connectivity index (χ4v) is 2.16. The number of hydrogen-bond acceptors (Lipinski definition) is 3. The standard InChI is InChI=1S/C12H7ClF6O3/c1-21-4-2-5-7(9(20)11(14,15)16)10(12(17,18)19)22-8(5)6(13)3-4/h2-3,9,20H,1H3. The van der Waals surface area contributed by atoms with E-state index in [9.17, 15) is 31.4 Å². The highest BCUT2D eigenvalue weighted by Crippen LogP contribution is 2.47. The summed E-state index contributed by atoms with van der Waals surface area (Å²) in [5.74, 6) is -2.04. The Morgan fingerprint density at radius 3 is 2.23 bits per heavy atom. The minimum Gasteiger partial charge on any atom is -0.497 e. The van der Waals surface area contributed by atoms with E-state index in [1.807, 2.05) is 0 Å². The summed E-state index contributed by atoms with van der Waals surface area (Å²) in [5.41, 5.74) is -2.07. The number of rotatable bonds is 2. The average molecular weight is 349 g/mol. The summed E-state index contributed by atoms with van der Waals surface area (Å²) < 4.78 is 85.9. The molecule has 2 rings (SSSR count). The molecule has 1 atom stereocenters. The summed E-state index contributed by atoms with van der Waals surface area (Å²) >= 11 is 5.69. The lowest BCUT2D eigenvalue weighted by atomic mass is 10.0. The maximum Gasteiger partial charge on any atom is 0.449 e. The first kappa shape index (κ1) is 16.8. The van der Waals surface area contributed by atoms with Crippen LogP contribution in [0.25, 0.3) is 11.0 Å². The molecule has 22 heavy (non-hydrogen) atoms. The number of benzene rings is 1. The Balaban J connectivity index is 2.87. The molecule has 0 aliphatic heterocycles. The first-order valence-electron chi connectivity index (χ1n) is 5.58. The second-order valence-electron chi connectivity index (χ2n) is 4.27. The van der Waals surface area contributed by atoms with E-state index < -0.39 is 40.7 Å². The minimum absolute atomic E-state index is 0.0809. The van der Waals surface area contributed by atoms with Gasteiger partial charge in [0.25, 0.3) is 0 Å². The van der Waals surface area contributed by atoms with Crippen molar-refractivity contribution in [3.8, 4) is 5.75 Å². The number of hydrogen-bond donors (Lipinski definition) is 1. The topological polar surface area (TPSA) is 42.6 Å². The summed E-state index contributed by atoms with van der Waals surface area (Å²) in [7, 11) is 1.15. The molecule has 1 unspecified atom stereocenters. The Morgan fingerprint density at radius 1 is 1.18 bits per heavy atom. The summed E-state index contributed by atoms with van der Waals surface area (Å²) in [6, 6.07) is 1.96. The second-order valence-corrected chi connectivity index (χ2v) is 4.68. The average Bonchev–Trinajstić information content (AvgIpc) is 2.76. The molecule has 0 amide bonds. The quantitative estimate of drug-likeness (QED) is 0.799. The van der Waals surface area contributed by atoms with Gasteiger partial charge in [0.05, 0.1) is 12.1 Å². The Bertz CT molecular complexity index is 703. The van der Waals surface area contributed by atoms with Crippen molar-refractivity contribution >= 4 is 22.6 Å². The molecule has 3 nitrogen and oxygen atoms in total. The predicted octanol–water partition coefficient (Wildman–Crippen LogP) is 4.71. The molecule has 1 heterocycles. The molecule has 10 heteroatoms. The summed E-state index contributed by atoms with van der Waals surface area (Å²) in [5, 5.41) is 8.28. The molecule has 1 N–H and O–H groups in total. The van der Waals surface area contributed by atoms with Gasteiger partial charge < -0.3 is 14.3 Å². The van der Waals surface area contributed by atoms with Crippen LogP contribution in [0.15, 0.2) is 16.5 Å². The van der Waals surface area contributed by atoms with Crippen LogP contribution in [-0.4, -0.2) is 18.4 Å². The fraction of sp³-hybridized carbons (Fsp3) is 0.333. The molecule has 0 saturated heterocycles. The number of alkyl halides is 6. The van der Waals surface area contributed by atoms with Crippen molar-refractivity contribution in [2.45, 2.75) is 18.5 Å². The van der Waals surface area contributed by atoms with Crippen LogP contribution in [0.3, 0.4) is 0 Å². The highest BCUT2D eigenvalue weighted by molar-refractivity contribution is 6.35. The van der Waals surface area contributed by atoms with E-state index in [2.05, 4.69) is 4.42 Å². The SMILES string of the molecule is COc1cc(Cl)c2oc(C(F)(F)F)c(C(O)C(F)(F)F)c2c1. The molecule has 0 radical (unpaired) electrons. The Morgan fingerprint density at radius 2 is 1.77 bits per heavy atom.